The van der Waals surface area contributed by atoms with Crippen molar-refractivity contribution in [2.45, 2.75) is 25.3 Å². The number of amides is 1. The molecule has 19 heavy (non-hydrogen) atoms. The topological polar surface area (TPSA) is 75.4 Å². The second-order valence-corrected chi connectivity index (χ2v) is 5.59. The lowest BCUT2D eigenvalue weighted by molar-refractivity contribution is -0.121. The zero-order valence-electron chi connectivity index (χ0n) is 10.5. The highest BCUT2D eigenvalue weighted by Gasteiger charge is 2.49. The fourth-order valence-corrected chi connectivity index (χ4v) is 3.54. The van der Waals surface area contributed by atoms with Crippen LogP contribution in [0.2, 0.25) is 0 Å². The van der Waals surface area contributed by atoms with Crippen LogP contribution >= 0.6 is 0 Å². The number of carbonyl (C=O) groups excluding carboxylic acids is 1. The van der Waals surface area contributed by atoms with Gasteiger partial charge in [0, 0.05) is 17.8 Å². The van der Waals surface area contributed by atoms with Gasteiger partial charge < -0.3 is 16.2 Å². The monoisotopic (exact) mass is 264 g/mol. The van der Waals surface area contributed by atoms with Crippen molar-refractivity contribution in [3.63, 3.8) is 0 Å². The van der Waals surface area contributed by atoms with Gasteiger partial charge in [-0.3, -0.25) is 4.79 Å². The van der Waals surface area contributed by atoms with Crippen LogP contribution in [-0.2, 0) is 4.79 Å². The Morgan fingerprint density at radius 3 is 2.74 bits per heavy atom. The Balaban J connectivity index is 1.73. The fraction of sp³-hybridized carbons (Fsp3) is 0.500. The van der Waals surface area contributed by atoms with E-state index in [0.29, 0.717) is 17.5 Å². The van der Waals surface area contributed by atoms with Gasteiger partial charge in [-0.25, -0.2) is 4.39 Å². The van der Waals surface area contributed by atoms with Crippen molar-refractivity contribution in [3.05, 3.63) is 24.0 Å². The minimum Gasteiger partial charge on any atom is -0.505 e. The van der Waals surface area contributed by atoms with Crippen LogP contribution in [0.5, 0.6) is 5.75 Å². The van der Waals surface area contributed by atoms with E-state index in [1.807, 2.05) is 0 Å². The second-order valence-electron chi connectivity index (χ2n) is 5.59. The number of anilines is 1. The van der Waals surface area contributed by atoms with Crippen molar-refractivity contribution in [2.75, 3.05) is 5.32 Å². The Labute approximate surface area is 110 Å². The molecule has 0 heterocycles. The highest BCUT2D eigenvalue weighted by Crippen LogP contribution is 2.47. The molecule has 2 fully saturated rings. The summed E-state index contributed by atoms with van der Waals surface area (Å²) in [5.41, 5.74) is 6.45. The van der Waals surface area contributed by atoms with Gasteiger partial charge in [0.2, 0.25) is 5.91 Å². The lowest BCUT2D eigenvalue weighted by atomic mass is 9.84. The Hall–Kier alpha value is -1.62. The highest BCUT2D eigenvalue weighted by atomic mass is 19.1. The summed E-state index contributed by atoms with van der Waals surface area (Å²) in [6, 6.07) is 3.74. The smallest absolute Gasteiger partial charge is 0.229 e. The number of hydrogen-bond donors (Lipinski definition) is 3. The van der Waals surface area contributed by atoms with Crippen LogP contribution in [-0.4, -0.2) is 17.1 Å². The molecule has 0 aromatic heterocycles. The number of nitrogens with two attached hydrogens (primary N) is 1. The number of rotatable bonds is 2. The van der Waals surface area contributed by atoms with E-state index < -0.39 is 11.6 Å². The van der Waals surface area contributed by atoms with Crippen LogP contribution in [0.1, 0.15) is 19.3 Å². The van der Waals surface area contributed by atoms with Gasteiger partial charge in [-0.1, -0.05) is 0 Å². The largest absolute Gasteiger partial charge is 0.505 e. The number of aromatic hydroxyl groups is 1. The summed E-state index contributed by atoms with van der Waals surface area (Å²) < 4.78 is 13.2. The average molecular weight is 264 g/mol. The molecule has 102 valence electrons. The Kier molecular flexibility index (Phi) is 2.93. The summed E-state index contributed by atoms with van der Waals surface area (Å²) in [6.07, 6.45) is 3.20. The van der Waals surface area contributed by atoms with Crippen molar-refractivity contribution in [3.8, 4) is 5.75 Å². The zero-order valence-corrected chi connectivity index (χ0v) is 10.5. The van der Waals surface area contributed by atoms with Crippen LogP contribution in [0.25, 0.3) is 0 Å². The summed E-state index contributed by atoms with van der Waals surface area (Å²) in [5.74, 6) is -0.649. The van der Waals surface area contributed by atoms with Crippen molar-refractivity contribution in [1.82, 2.24) is 0 Å². The molecule has 0 aliphatic heterocycles. The number of phenolic OH excluding ortho intramolecular Hbond substituents is 1. The molecule has 0 radical (unpaired) electrons. The standard InChI is InChI=1S/C14H17FN2O2/c15-10-6-9(3-4-11(10)18)17-14(19)12-7-1-2-8(5-7)13(12)16/h3-4,6-8,12-13,18H,1-2,5,16H2,(H,17,19). The van der Waals surface area contributed by atoms with Gasteiger partial charge in [0.05, 0.1) is 5.92 Å². The predicted molar refractivity (Wildman–Crippen MR) is 69.0 cm³/mol. The van der Waals surface area contributed by atoms with Gasteiger partial charge in [-0.2, -0.15) is 0 Å². The molecular formula is C14H17FN2O2. The van der Waals surface area contributed by atoms with Gasteiger partial charge in [0.15, 0.2) is 11.6 Å². The first kappa shape index (κ1) is 12.4. The number of phenols is 1. The third kappa shape index (κ3) is 2.08. The van der Waals surface area contributed by atoms with Crippen LogP contribution in [0.3, 0.4) is 0 Å². The SMILES string of the molecule is NC1C2CCC(C2)C1C(=O)Nc1ccc(O)c(F)c1. The lowest BCUT2D eigenvalue weighted by Gasteiger charge is -2.27. The third-order valence-corrected chi connectivity index (χ3v) is 4.50. The van der Waals surface area contributed by atoms with E-state index in [4.69, 9.17) is 10.8 Å². The first-order valence-corrected chi connectivity index (χ1v) is 6.61. The molecule has 2 aliphatic carbocycles. The van der Waals surface area contributed by atoms with E-state index in [-0.39, 0.29) is 17.9 Å². The molecule has 2 bridgehead atoms. The summed E-state index contributed by atoms with van der Waals surface area (Å²) in [5, 5.41) is 11.8. The molecule has 1 aromatic rings. The molecular weight excluding hydrogens is 247 g/mol. The van der Waals surface area contributed by atoms with Gasteiger partial charge in [-0.15, -0.1) is 0 Å². The van der Waals surface area contributed by atoms with E-state index >= 15 is 0 Å². The predicted octanol–water partition coefficient (Wildman–Crippen LogP) is 1.84. The van der Waals surface area contributed by atoms with Crippen molar-refractivity contribution in [2.24, 2.45) is 23.5 Å². The molecule has 4 N–H and O–H groups in total. The molecule has 4 nitrogen and oxygen atoms in total. The minimum absolute atomic E-state index is 0.0827. The number of hydrogen-bond acceptors (Lipinski definition) is 3. The van der Waals surface area contributed by atoms with E-state index in [1.54, 1.807) is 0 Å². The Bertz CT molecular complexity index is 518. The molecule has 2 saturated carbocycles. The molecule has 4 atom stereocenters. The average Bonchev–Trinajstić information content (AvgIpc) is 2.94. The number of nitrogens with one attached hydrogen (secondary N) is 1. The normalized spacial score (nSPS) is 32.5. The van der Waals surface area contributed by atoms with Gasteiger partial charge in [0.1, 0.15) is 0 Å². The Morgan fingerprint density at radius 2 is 2.11 bits per heavy atom. The van der Waals surface area contributed by atoms with Gasteiger partial charge in [-0.05, 0) is 43.2 Å². The molecule has 5 heteroatoms. The maximum Gasteiger partial charge on any atom is 0.229 e. The van der Waals surface area contributed by atoms with Crippen LogP contribution in [0, 0.1) is 23.6 Å². The van der Waals surface area contributed by atoms with Crippen LogP contribution in [0.4, 0.5) is 10.1 Å². The van der Waals surface area contributed by atoms with E-state index in [0.717, 1.165) is 25.3 Å². The summed E-state index contributed by atoms with van der Waals surface area (Å²) in [7, 11) is 0. The van der Waals surface area contributed by atoms with Gasteiger partial charge >= 0.3 is 0 Å². The summed E-state index contributed by atoms with van der Waals surface area (Å²) in [4.78, 5) is 12.2. The molecule has 2 aliphatic rings. The number of carbonyl (C=O) groups is 1. The minimum atomic E-state index is -0.741. The van der Waals surface area contributed by atoms with E-state index in [9.17, 15) is 9.18 Å². The van der Waals surface area contributed by atoms with Crippen LogP contribution < -0.4 is 11.1 Å². The lowest BCUT2D eigenvalue weighted by Crippen LogP contribution is -2.42. The molecule has 1 aromatic carbocycles. The van der Waals surface area contributed by atoms with E-state index in [2.05, 4.69) is 5.32 Å². The van der Waals surface area contributed by atoms with Crippen molar-refractivity contribution < 1.29 is 14.3 Å². The molecule has 3 rings (SSSR count). The van der Waals surface area contributed by atoms with Gasteiger partial charge in [0.25, 0.3) is 0 Å². The van der Waals surface area contributed by atoms with Crippen LogP contribution in [0.15, 0.2) is 18.2 Å². The molecule has 0 spiro atoms. The summed E-state index contributed by atoms with van der Waals surface area (Å²) in [6.45, 7) is 0. The first-order valence-electron chi connectivity index (χ1n) is 6.61. The van der Waals surface area contributed by atoms with Crippen molar-refractivity contribution in [1.29, 1.82) is 0 Å². The maximum absolute atomic E-state index is 13.2. The highest BCUT2D eigenvalue weighted by molar-refractivity contribution is 5.93. The first-order chi connectivity index (χ1) is 9.06. The van der Waals surface area contributed by atoms with Crippen molar-refractivity contribution >= 4 is 11.6 Å². The number of benzene rings is 1. The summed E-state index contributed by atoms with van der Waals surface area (Å²) >= 11 is 0. The quantitative estimate of drug-likeness (QED) is 0.713. The molecule has 4 unspecified atom stereocenters. The second kappa shape index (κ2) is 4.49. The maximum atomic E-state index is 13.2. The number of halogens is 1. The molecule has 1 amide bonds. The third-order valence-electron chi connectivity index (χ3n) is 4.50. The fourth-order valence-electron chi connectivity index (χ4n) is 3.54. The van der Waals surface area contributed by atoms with E-state index in [1.165, 1.54) is 12.1 Å². The molecule has 0 saturated heterocycles. The zero-order chi connectivity index (χ0) is 13.6. The Morgan fingerprint density at radius 1 is 1.37 bits per heavy atom. The number of fused-ring (bicyclic) bond motifs is 2.